The fourth-order valence-electron chi connectivity index (χ4n) is 1.92. The maximum Gasteiger partial charge on any atom is 0.0762 e. The number of aromatic nitrogens is 2. The summed E-state index contributed by atoms with van der Waals surface area (Å²) >= 11 is 5.97. The van der Waals surface area contributed by atoms with Gasteiger partial charge in [-0.1, -0.05) is 20.8 Å². The fraction of sp³-hybridized carbons (Fsp3) is 0.786. The Morgan fingerprint density at radius 3 is 2.67 bits per heavy atom. The summed E-state index contributed by atoms with van der Waals surface area (Å²) in [6, 6.07) is 2.93. The summed E-state index contributed by atoms with van der Waals surface area (Å²) in [5.74, 6) is 1.32. The van der Waals surface area contributed by atoms with E-state index in [-0.39, 0.29) is 0 Å². The van der Waals surface area contributed by atoms with Crippen LogP contribution in [0.15, 0.2) is 12.3 Å². The molecule has 0 radical (unpaired) electrons. The van der Waals surface area contributed by atoms with Gasteiger partial charge in [-0.25, -0.2) is 0 Å². The van der Waals surface area contributed by atoms with Crippen molar-refractivity contribution in [2.75, 3.05) is 5.88 Å². The minimum atomic E-state index is 0.375. The van der Waals surface area contributed by atoms with Gasteiger partial charge in [-0.2, -0.15) is 5.10 Å². The van der Waals surface area contributed by atoms with Gasteiger partial charge in [-0.15, -0.1) is 11.6 Å². The third kappa shape index (κ3) is 4.99. The van der Waals surface area contributed by atoms with Gasteiger partial charge in [0.05, 0.1) is 5.69 Å². The van der Waals surface area contributed by atoms with Crippen molar-refractivity contribution in [2.24, 2.45) is 5.92 Å². The van der Waals surface area contributed by atoms with Crippen molar-refractivity contribution in [1.29, 1.82) is 0 Å². The van der Waals surface area contributed by atoms with Crippen LogP contribution in [0.25, 0.3) is 0 Å². The molecular weight excluding hydrogens is 246 g/mol. The monoisotopic (exact) mass is 271 g/mol. The van der Waals surface area contributed by atoms with Gasteiger partial charge < -0.3 is 5.32 Å². The van der Waals surface area contributed by atoms with Crippen molar-refractivity contribution in [2.45, 2.75) is 59.2 Å². The predicted molar refractivity (Wildman–Crippen MR) is 78.0 cm³/mol. The summed E-state index contributed by atoms with van der Waals surface area (Å²) in [5, 5.41) is 8.06. The van der Waals surface area contributed by atoms with E-state index < -0.39 is 0 Å². The normalized spacial score (nSPS) is 15.0. The Morgan fingerprint density at radius 1 is 1.39 bits per heavy atom. The minimum Gasteiger partial charge on any atom is -0.307 e. The van der Waals surface area contributed by atoms with E-state index in [0.717, 1.165) is 25.1 Å². The molecule has 0 spiro atoms. The van der Waals surface area contributed by atoms with Crippen molar-refractivity contribution in [3.05, 3.63) is 18.0 Å². The van der Waals surface area contributed by atoms with E-state index in [4.69, 9.17) is 11.6 Å². The van der Waals surface area contributed by atoms with Crippen molar-refractivity contribution >= 4 is 11.6 Å². The van der Waals surface area contributed by atoms with E-state index in [1.54, 1.807) is 0 Å². The second-order valence-corrected chi connectivity index (χ2v) is 5.71. The maximum absolute atomic E-state index is 5.97. The first-order valence-corrected chi connectivity index (χ1v) is 7.43. The fourth-order valence-corrected chi connectivity index (χ4v) is 2.16. The Balaban J connectivity index is 2.44. The van der Waals surface area contributed by atoms with Gasteiger partial charge in [-0.3, -0.25) is 4.68 Å². The SMILES string of the molecule is CCC(C)n1ccc(CNC(CCl)CC(C)C)n1. The molecule has 1 rings (SSSR count). The Kier molecular flexibility index (Phi) is 6.72. The third-order valence-electron chi connectivity index (χ3n) is 3.22. The number of nitrogens with zero attached hydrogens (tertiary/aromatic N) is 2. The Hall–Kier alpha value is -0.540. The van der Waals surface area contributed by atoms with Crippen molar-refractivity contribution in [1.82, 2.24) is 15.1 Å². The molecule has 0 saturated heterocycles. The highest BCUT2D eigenvalue weighted by Crippen LogP contribution is 2.10. The van der Waals surface area contributed by atoms with Crippen LogP contribution in [-0.2, 0) is 6.54 Å². The molecule has 0 fully saturated rings. The smallest absolute Gasteiger partial charge is 0.0762 e. The van der Waals surface area contributed by atoms with Crippen molar-refractivity contribution < 1.29 is 0 Å². The molecule has 0 saturated carbocycles. The molecular formula is C14H26ClN3. The lowest BCUT2D eigenvalue weighted by molar-refractivity contribution is 0.435. The molecule has 1 aromatic rings. The van der Waals surface area contributed by atoms with Crippen LogP contribution >= 0.6 is 11.6 Å². The molecule has 104 valence electrons. The second kappa shape index (κ2) is 7.80. The van der Waals surface area contributed by atoms with Crippen LogP contribution < -0.4 is 5.32 Å². The molecule has 1 aromatic heterocycles. The van der Waals surface area contributed by atoms with E-state index >= 15 is 0 Å². The topological polar surface area (TPSA) is 29.9 Å². The molecule has 1 heterocycles. The van der Waals surface area contributed by atoms with Crippen LogP contribution in [0.4, 0.5) is 0 Å². The van der Waals surface area contributed by atoms with Crippen molar-refractivity contribution in [3.8, 4) is 0 Å². The largest absolute Gasteiger partial charge is 0.307 e. The molecule has 0 aliphatic heterocycles. The van der Waals surface area contributed by atoms with E-state index in [1.165, 1.54) is 0 Å². The van der Waals surface area contributed by atoms with Gasteiger partial charge in [0.2, 0.25) is 0 Å². The lowest BCUT2D eigenvalue weighted by atomic mass is 10.1. The molecule has 0 bridgehead atoms. The van der Waals surface area contributed by atoms with Gasteiger partial charge >= 0.3 is 0 Å². The number of halogens is 1. The molecule has 0 aromatic carbocycles. The van der Waals surface area contributed by atoms with Crippen LogP contribution in [-0.4, -0.2) is 21.7 Å². The first-order valence-electron chi connectivity index (χ1n) is 6.90. The first-order chi connectivity index (χ1) is 8.56. The summed E-state index contributed by atoms with van der Waals surface area (Å²) < 4.78 is 2.04. The summed E-state index contributed by atoms with van der Waals surface area (Å²) in [6.45, 7) is 9.60. The lowest BCUT2D eigenvalue weighted by Gasteiger charge is -2.17. The number of alkyl halides is 1. The Morgan fingerprint density at radius 2 is 2.11 bits per heavy atom. The summed E-state index contributed by atoms with van der Waals surface area (Å²) in [6.07, 6.45) is 4.27. The van der Waals surface area contributed by atoms with Gasteiger partial charge in [0, 0.05) is 30.7 Å². The second-order valence-electron chi connectivity index (χ2n) is 5.41. The highest BCUT2D eigenvalue weighted by molar-refractivity contribution is 6.18. The molecule has 2 unspecified atom stereocenters. The van der Waals surface area contributed by atoms with Crippen LogP contribution in [0.3, 0.4) is 0 Å². The maximum atomic E-state index is 5.97. The number of hydrogen-bond donors (Lipinski definition) is 1. The molecule has 18 heavy (non-hydrogen) atoms. The highest BCUT2D eigenvalue weighted by Gasteiger charge is 2.10. The van der Waals surface area contributed by atoms with Crippen LogP contribution in [0, 0.1) is 5.92 Å². The molecule has 0 aliphatic carbocycles. The van der Waals surface area contributed by atoms with Crippen LogP contribution in [0.2, 0.25) is 0 Å². The molecule has 0 aliphatic rings. The number of hydrogen-bond acceptors (Lipinski definition) is 2. The van der Waals surface area contributed by atoms with Gasteiger partial charge in [0.15, 0.2) is 0 Å². The predicted octanol–water partition coefficient (Wildman–Crippen LogP) is 3.60. The zero-order valence-corrected chi connectivity index (χ0v) is 12.7. The molecule has 1 N–H and O–H groups in total. The Labute approximate surface area is 116 Å². The van der Waals surface area contributed by atoms with Gasteiger partial charge in [0.25, 0.3) is 0 Å². The summed E-state index contributed by atoms with van der Waals surface area (Å²) in [7, 11) is 0. The third-order valence-corrected chi connectivity index (χ3v) is 3.59. The molecule has 4 heteroatoms. The first kappa shape index (κ1) is 15.5. The summed E-state index contributed by atoms with van der Waals surface area (Å²) in [4.78, 5) is 0. The molecule has 3 nitrogen and oxygen atoms in total. The zero-order chi connectivity index (χ0) is 13.5. The standard InChI is InChI=1S/C14H26ClN3/c1-5-12(4)18-7-6-13(17-18)10-16-14(9-15)8-11(2)3/h6-7,11-12,14,16H,5,8-10H2,1-4H3. The Bertz CT molecular complexity index is 336. The minimum absolute atomic E-state index is 0.375. The van der Waals surface area contributed by atoms with Gasteiger partial charge in [-0.05, 0) is 31.7 Å². The quantitative estimate of drug-likeness (QED) is 0.732. The lowest BCUT2D eigenvalue weighted by Crippen LogP contribution is -2.31. The van der Waals surface area contributed by atoms with E-state index in [2.05, 4.69) is 50.4 Å². The van der Waals surface area contributed by atoms with Gasteiger partial charge in [0.1, 0.15) is 0 Å². The average Bonchev–Trinajstić information content (AvgIpc) is 2.81. The number of rotatable bonds is 8. The zero-order valence-electron chi connectivity index (χ0n) is 12.0. The van der Waals surface area contributed by atoms with E-state index in [9.17, 15) is 0 Å². The average molecular weight is 272 g/mol. The highest BCUT2D eigenvalue weighted by atomic mass is 35.5. The summed E-state index contributed by atoms with van der Waals surface area (Å²) in [5.41, 5.74) is 1.09. The van der Waals surface area contributed by atoms with E-state index in [1.807, 2.05) is 4.68 Å². The van der Waals surface area contributed by atoms with Crippen molar-refractivity contribution in [3.63, 3.8) is 0 Å². The van der Waals surface area contributed by atoms with Crippen LogP contribution in [0.5, 0.6) is 0 Å². The number of nitrogens with one attached hydrogen (secondary N) is 1. The van der Waals surface area contributed by atoms with Crippen LogP contribution in [0.1, 0.15) is 52.3 Å². The molecule has 2 atom stereocenters. The molecule has 0 amide bonds. The van der Waals surface area contributed by atoms with E-state index in [0.29, 0.717) is 23.9 Å².